The summed E-state index contributed by atoms with van der Waals surface area (Å²) in [5.41, 5.74) is 3.44. The van der Waals surface area contributed by atoms with Gasteiger partial charge < -0.3 is 0 Å². The Bertz CT molecular complexity index is 940. The molecule has 0 aliphatic rings. The number of hydrogen-bond acceptors (Lipinski definition) is 4. The van der Waals surface area contributed by atoms with Crippen LogP contribution in [0.1, 0.15) is 18.2 Å². The highest BCUT2D eigenvalue weighted by Gasteiger charge is 2.14. The van der Waals surface area contributed by atoms with E-state index in [2.05, 4.69) is 14.7 Å². The van der Waals surface area contributed by atoms with E-state index in [0.717, 1.165) is 23.2 Å². The van der Waals surface area contributed by atoms with E-state index in [4.69, 9.17) is 0 Å². The maximum atomic E-state index is 12.4. The van der Waals surface area contributed by atoms with Gasteiger partial charge in [0.05, 0.1) is 22.8 Å². The fourth-order valence-corrected chi connectivity index (χ4v) is 3.42. The fraction of sp³-hybridized carbons (Fsp3) is 0.158. The molecule has 2 aromatic carbocycles. The van der Waals surface area contributed by atoms with Crippen LogP contribution in [-0.4, -0.2) is 18.4 Å². The van der Waals surface area contributed by atoms with Crippen molar-refractivity contribution in [2.45, 2.75) is 24.8 Å². The summed E-state index contributed by atoms with van der Waals surface area (Å²) in [5.74, 6) is 0. The molecule has 0 spiro atoms. The van der Waals surface area contributed by atoms with Crippen molar-refractivity contribution in [2.75, 3.05) is 0 Å². The SMILES string of the molecule is CCc1ccc(S(=O)(=O)NCc2cc(-c3ccccc3)ncn2)cc1. The van der Waals surface area contributed by atoms with Crippen molar-refractivity contribution in [1.29, 1.82) is 0 Å². The number of rotatable bonds is 6. The average Bonchev–Trinajstić information content (AvgIpc) is 2.67. The standard InChI is InChI=1S/C19H19N3O2S/c1-2-15-8-10-18(11-9-15)25(23,24)22-13-17-12-19(21-14-20-17)16-6-4-3-5-7-16/h3-12,14,22H,2,13H2,1H3. The van der Waals surface area contributed by atoms with Crippen LogP contribution in [-0.2, 0) is 23.0 Å². The van der Waals surface area contributed by atoms with Crippen molar-refractivity contribution in [3.63, 3.8) is 0 Å². The molecule has 1 aromatic heterocycles. The Morgan fingerprint density at radius 3 is 2.36 bits per heavy atom. The van der Waals surface area contributed by atoms with Gasteiger partial charge in [0.1, 0.15) is 6.33 Å². The zero-order valence-corrected chi connectivity index (χ0v) is 14.7. The zero-order chi connectivity index (χ0) is 17.7. The quantitative estimate of drug-likeness (QED) is 0.739. The predicted octanol–water partition coefficient (Wildman–Crippen LogP) is 3.18. The third-order valence-electron chi connectivity index (χ3n) is 3.88. The normalized spacial score (nSPS) is 11.4. The lowest BCUT2D eigenvalue weighted by molar-refractivity contribution is 0.580. The van der Waals surface area contributed by atoms with Gasteiger partial charge in [-0.2, -0.15) is 0 Å². The third-order valence-corrected chi connectivity index (χ3v) is 5.30. The van der Waals surface area contributed by atoms with Gasteiger partial charge in [-0.3, -0.25) is 0 Å². The lowest BCUT2D eigenvalue weighted by Gasteiger charge is -2.08. The number of aromatic nitrogens is 2. The number of aryl methyl sites for hydroxylation is 1. The first-order valence-electron chi connectivity index (χ1n) is 8.03. The van der Waals surface area contributed by atoms with Crippen LogP contribution in [0.15, 0.2) is 71.9 Å². The monoisotopic (exact) mass is 353 g/mol. The van der Waals surface area contributed by atoms with Crippen molar-refractivity contribution < 1.29 is 8.42 Å². The van der Waals surface area contributed by atoms with Gasteiger partial charge in [0.15, 0.2) is 0 Å². The van der Waals surface area contributed by atoms with Gasteiger partial charge in [0, 0.05) is 5.56 Å². The molecule has 3 aromatic rings. The average molecular weight is 353 g/mol. The molecule has 0 bridgehead atoms. The van der Waals surface area contributed by atoms with Gasteiger partial charge in [-0.05, 0) is 30.2 Å². The van der Waals surface area contributed by atoms with E-state index in [9.17, 15) is 8.42 Å². The summed E-state index contributed by atoms with van der Waals surface area (Å²) in [7, 11) is -3.57. The van der Waals surface area contributed by atoms with Gasteiger partial charge in [0.25, 0.3) is 0 Å². The summed E-state index contributed by atoms with van der Waals surface area (Å²) in [6.07, 6.45) is 2.32. The van der Waals surface area contributed by atoms with Crippen LogP contribution in [0.2, 0.25) is 0 Å². The topological polar surface area (TPSA) is 72.0 Å². The minimum atomic E-state index is -3.57. The van der Waals surface area contributed by atoms with Crippen molar-refractivity contribution in [3.8, 4) is 11.3 Å². The van der Waals surface area contributed by atoms with Crippen LogP contribution in [0.25, 0.3) is 11.3 Å². The minimum absolute atomic E-state index is 0.111. The van der Waals surface area contributed by atoms with E-state index in [0.29, 0.717) is 5.69 Å². The van der Waals surface area contributed by atoms with E-state index in [1.807, 2.05) is 49.4 Å². The second-order valence-corrected chi connectivity index (χ2v) is 7.35. The van der Waals surface area contributed by atoms with Crippen LogP contribution >= 0.6 is 0 Å². The molecule has 0 saturated carbocycles. The summed E-state index contributed by atoms with van der Waals surface area (Å²) in [5, 5.41) is 0. The molecule has 0 saturated heterocycles. The summed E-state index contributed by atoms with van der Waals surface area (Å²) < 4.78 is 27.4. The lowest BCUT2D eigenvalue weighted by Crippen LogP contribution is -2.23. The van der Waals surface area contributed by atoms with E-state index in [1.54, 1.807) is 18.2 Å². The molecule has 25 heavy (non-hydrogen) atoms. The van der Waals surface area contributed by atoms with Crippen LogP contribution in [0.4, 0.5) is 0 Å². The second kappa shape index (κ2) is 7.55. The third kappa shape index (κ3) is 4.29. The van der Waals surface area contributed by atoms with Crippen LogP contribution in [0, 0.1) is 0 Å². The van der Waals surface area contributed by atoms with Gasteiger partial charge in [-0.25, -0.2) is 23.1 Å². The highest BCUT2D eigenvalue weighted by molar-refractivity contribution is 7.89. The molecule has 0 fully saturated rings. The summed E-state index contributed by atoms with van der Waals surface area (Å²) in [6.45, 7) is 2.14. The lowest BCUT2D eigenvalue weighted by atomic mass is 10.1. The minimum Gasteiger partial charge on any atom is -0.240 e. The Morgan fingerprint density at radius 1 is 0.960 bits per heavy atom. The molecule has 0 radical (unpaired) electrons. The second-order valence-electron chi connectivity index (χ2n) is 5.58. The number of hydrogen-bond donors (Lipinski definition) is 1. The molecule has 0 amide bonds. The number of sulfonamides is 1. The maximum absolute atomic E-state index is 12.4. The highest BCUT2D eigenvalue weighted by atomic mass is 32.2. The Kier molecular flexibility index (Phi) is 5.21. The smallest absolute Gasteiger partial charge is 0.240 e. The Morgan fingerprint density at radius 2 is 1.68 bits per heavy atom. The van der Waals surface area contributed by atoms with Gasteiger partial charge in [-0.15, -0.1) is 0 Å². The Hall–Kier alpha value is -2.57. The van der Waals surface area contributed by atoms with Crippen LogP contribution in [0.3, 0.4) is 0 Å². The van der Waals surface area contributed by atoms with Gasteiger partial charge in [-0.1, -0.05) is 49.4 Å². The molecule has 1 N–H and O–H groups in total. The molecule has 1 heterocycles. The molecule has 0 atom stereocenters. The molecule has 0 unspecified atom stereocenters. The van der Waals surface area contributed by atoms with Crippen LogP contribution in [0.5, 0.6) is 0 Å². The number of nitrogens with one attached hydrogen (secondary N) is 1. The van der Waals surface area contributed by atoms with Crippen molar-refractivity contribution >= 4 is 10.0 Å². The fourth-order valence-electron chi connectivity index (χ4n) is 2.42. The van der Waals surface area contributed by atoms with E-state index >= 15 is 0 Å². The van der Waals surface area contributed by atoms with E-state index < -0.39 is 10.0 Å². The zero-order valence-electron chi connectivity index (χ0n) is 13.9. The molecule has 5 nitrogen and oxygen atoms in total. The van der Waals surface area contributed by atoms with Gasteiger partial charge >= 0.3 is 0 Å². The molecule has 0 aliphatic carbocycles. The van der Waals surface area contributed by atoms with E-state index in [1.165, 1.54) is 6.33 Å². The molecule has 128 valence electrons. The first kappa shape index (κ1) is 17.3. The van der Waals surface area contributed by atoms with Gasteiger partial charge in [0.2, 0.25) is 10.0 Å². The Balaban J connectivity index is 1.74. The number of nitrogens with zero attached hydrogens (tertiary/aromatic N) is 2. The highest BCUT2D eigenvalue weighted by Crippen LogP contribution is 2.16. The first-order chi connectivity index (χ1) is 12.1. The largest absolute Gasteiger partial charge is 0.240 e. The maximum Gasteiger partial charge on any atom is 0.240 e. The van der Waals surface area contributed by atoms with E-state index in [-0.39, 0.29) is 11.4 Å². The molecule has 3 rings (SSSR count). The number of benzene rings is 2. The Labute approximate surface area is 147 Å². The molecular formula is C19H19N3O2S. The first-order valence-corrected chi connectivity index (χ1v) is 9.52. The summed E-state index contributed by atoms with van der Waals surface area (Å²) in [6, 6.07) is 18.4. The summed E-state index contributed by atoms with van der Waals surface area (Å²) >= 11 is 0. The molecule has 6 heteroatoms. The van der Waals surface area contributed by atoms with Crippen molar-refractivity contribution in [2.24, 2.45) is 0 Å². The van der Waals surface area contributed by atoms with Crippen molar-refractivity contribution in [3.05, 3.63) is 78.2 Å². The van der Waals surface area contributed by atoms with Crippen molar-refractivity contribution in [1.82, 2.24) is 14.7 Å². The predicted molar refractivity (Wildman–Crippen MR) is 97.3 cm³/mol. The summed E-state index contributed by atoms with van der Waals surface area (Å²) in [4.78, 5) is 8.65. The van der Waals surface area contributed by atoms with Crippen LogP contribution < -0.4 is 4.72 Å². The molecule has 0 aliphatic heterocycles. The molecular weight excluding hydrogens is 334 g/mol.